The van der Waals surface area contributed by atoms with Gasteiger partial charge < -0.3 is 5.73 Å². The number of rotatable bonds is 1. The lowest BCUT2D eigenvalue weighted by Crippen LogP contribution is -2.44. The Hall–Kier alpha value is -0.600. The fourth-order valence-corrected chi connectivity index (χ4v) is 2.75. The van der Waals surface area contributed by atoms with Gasteiger partial charge in [0.05, 0.1) is 0 Å². The van der Waals surface area contributed by atoms with Gasteiger partial charge in [-0.05, 0) is 47.9 Å². The monoisotopic (exact) mass is 257 g/mol. The zero-order chi connectivity index (χ0) is 12.1. The van der Waals surface area contributed by atoms with E-state index in [1.807, 2.05) is 13.0 Å². The predicted octanol–water partition coefficient (Wildman–Crippen LogP) is 3.57. The summed E-state index contributed by atoms with van der Waals surface area (Å²) in [5, 5.41) is 0. The molecule has 1 aliphatic carbocycles. The molecular weight excluding hydrogens is 237 g/mol. The summed E-state index contributed by atoms with van der Waals surface area (Å²) in [5.41, 5.74) is 8.99. The number of halogens is 2. The fraction of sp³-hybridized carbons (Fsp3) is 0.571. The molecule has 0 amide bonds. The lowest BCUT2D eigenvalue weighted by Gasteiger charge is -2.36. The van der Waals surface area contributed by atoms with Crippen molar-refractivity contribution < 1.29 is 4.39 Å². The highest BCUT2D eigenvalue weighted by molar-refractivity contribution is 5.85. The first-order valence-corrected chi connectivity index (χ1v) is 5.91. The summed E-state index contributed by atoms with van der Waals surface area (Å²) in [6, 6.07) is 3.45. The molecule has 1 nitrogen and oxygen atoms in total. The van der Waals surface area contributed by atoms with Crippen LogP contribution in [0.2, 0.25) is 0 Å². The van der Waals surface area contributed by atoms with E-state index in [0.29, 0.717) is 0 Å². The van der Waals surface area contributed by atoms with Gasteiger partial charge in [0.2, 0.25) is 0 Å². The molecule has 2 rings (SSSR count). The summed E-state index contributed by atoms with van der Waals surface area (Å²) >= 11 is 0. The molecule has 1 unspecified atom stereocenters. The molecule has 96 valence electrons. The summed E-state index contributed by atoms with van der Waals surface area (Å²) in [5.74, 6) is -0.102. The molecule has 1 atom stereocenters. The molecule has 0 bridgehead atoms. The van der Waals surface area contributed by atoms with Crippen molar-refractivity contribution in [1.82, 2.24) is 0 Å². The molecule has 0 saturated heterocycles. The van der Waals surface area contributed by atoms with Gasteiger partial charge in [-0.3, -0.25) is 0 Å². The van der Waals surface area contributed by atoms with E-state index in [0.717, 1.165) is 24.0 Å². The molecule has 1 aliphatic rings. The summed E-state index contributed by atoms with van der Waals surface area (Å²) in [7, 11) is 0. The minimum absolute atomic E-state index is 0. The van der Waals surface area contributed by atoms with E-state index >= 15 is 0 Å². The number of fused-ring (bicyclic) bond motifs is 1. The second-order valence-electron chi connectivity index (χ2n) is 5.68. The van der Waals surface area contributed by atoms with Crippen LogP contribution in [0, 0.1) is 11.2 Å². The van der Waals surface area contributed by atoms with E-state index in [1.165, 1.54) is 5.56 Å². The third-order valence-electron chi connectivity index (χ3n) is 4.27. The topological polar surface area (TPSA) is 26.0 Å². The Labute approximate surface area is 109 Å². The first kappa shape index (κ1) is 14.5. The Morgan fingerprint density at radius 3 is 2.41 bits per heavy atom. The van der Waals surface area contributed by atoms with Crippen LogP contribution < -0.4 is 5.73 Å². The number of nitrogens with two attached hydrogens (primary N) is 1. The second-order valence-corrected chi connectivity index (χ2v) is 5.68. The fourth-order valence-electron chi connectivity index (χ4n) is 2.75. The third kappa shape index (κ3) is 1.88. The van der Waals surface area contributed by atoms with Crippen molar-refractivity contribution >= 4 is 12.4 Å². The van der Waals surface area contributed by atoms with Crippen LogP contribution in [0.1, 0.15) is 44.4 Å². The molecule has 0 aromatic heterocycles. The maximum Gasteiger partial charge on any atom is 0.126 e. The van der Waals surface area contributed by atoms with Crippen LogP contribution in [0.5, 0.6) is 0 Å². The maximum absolute atomic E-state index is 13.8. The Bertz CT molecular complexity index is 438. The van der Waals surface area contributed by atoms with Crippen molar-refractivity contribution in [3.63, 3.8) is 0 Å². The zero-order valence-electron chi connectivity index (χ0n) is 10.9. The zero-order valence-corrected chi connectivity index (χ0v) is 11.7. The largest absolute Gasteiger partial charge is 0.321 e. The molecule has 0 radical (unpaired) electrons. The van der Waals surface area contributed by atoms with Gasteiger partial charge in [0, 0.05) is 5.54 Å². The first-order valence-electron chi connectivity index (χ1n) is 5.91. The van der Waals surface area contributed by atoms with Crippen LogP contribution in [0.4, 0.5) is 4.39 Å². The lowest BCUT2D eigenvalue weighted by atomic mass is 9.74. The van der Waals surface area contributed by atoms with Crippen molar-refractivity contribution in [2.24, 2.45) is 11.1 Å². The second kappa shape index (κ2) is 4.25. The van der Waals surface area contributed by atoms with E-state index in [2.05, 4.69) is 20.8 Å². The maximum atomic E-state index is 13.8. The van der Waals surface area contributed by atoms with E-state index in [9.17, 15) is 4.39 Å². The van der Waals surface area contributed by atoms with Crippen molar-refractivity contribution in [2.45, 2.75) is 46.1 Å². The lowest BCUT2D eigenvalue weighted by molar-refractivity contribution is 0.210. The Kier molecular flexibility index (Phi) is 3.62. The minimum atomic E-state index is -0.435. The van der Waals surface area contributed by atoms with Gasteiger partial charge >= 0.3 is 0 Å². The van der Waals surface area contributed by atoms with Gasteiger partial charge in [0.15, 0.2) is 0 Å². The predicted molar refractivity (Wildman–Crippen MR) is 72.1 cm³/mol. The highest BCUT2D eigenvalue weighted by Crippen LogP contribution is 2.50. The van der Waals surface area contributed by atoms with Crippen LogP contribution >= 0.6 is 12.4 Å². The van der Waals surface area contributed by atoms with E-state index in [1.54, 1.807) is 6.07 Å². The Morgan fingerprint density at radius 2 is 1.88 bits per heavy atom. The summed E-state index contributed by atoms with van der Waals surface area (Å²) in [6.45, 7) is 8.35. The quantitative estimate of drug-likeness (QED) is 0.818. The van der Waals surface area contributed by atoms with Gasteiger partial charge in [-0.1, -0.05) is 26.8 Å². The number of hydrogen-bond acceptors (Lipinski definition) is 1. The Balaban J connectivity index is 0.00000144. The number of hydrogen-bond donors (Lipinski definition) is 1. The van der Waals surface area contributed by atoms with Crippen LogP contribution in [0.3, 0.4) is 0 Å². The molecule has 1 aromatic rings. The molecule has 0 fully saturated rings. The van der Waals surface area contributed by atoms with Gasteiger partial charge in [0.1, 0.15) is 5.82 Å². The molecule has 0 aliphatic heterocycles. The molecule has 0 heterocycles. The number of benzene rings is 1. The summed E-state index contributed by atoms with van der Waals surface area (Å²) in [4.78, 5) is 0. The third-order valence-corrected chi connectivity index (χ3v) is 4.27. The van der Waals surface area contributed by atoms with Gasteiger partial charge in [0.25, 0.3) is 0 Å². The minimum Gasteiger partial charge on any atom is -0.321 e. The van der Waals surface area contributed by atoms with E-state index in [4.69, 9.17) is 5.73 Å². The molecule has 0 saturated carbocycles. The van der Waals surface area contributed by atoms with E-state index in [-0.39, 0.29) is 23.6 Å². The van der Waals surface area contributed by atoms with Crippen molar-refractivity contribution in [3.05, 3.63) is 34.6 Å². The molecule has 3 heteroatoms. The van der Waals surface area contributed by atoms with Gasteiger partial charge in [-0.15, -0.1) is 12.4 Å². The highest BCUT2D eigenvalue weighted by atomic mass is 35.5. The average Bonchev–Trinajstić information content (AvgIpc) is 2.37. The summed E-state index contributed by atoms with van der Waals surface area (Å²) < 4.78 is 13.8. The van der Waals surface area contributed by atoms with Gasteiger partial charge in [-0.2, -0.15) is 0 Å². The highest BCUT2D eigenvalue weighted by Gasteiger charge is 2.48. The van der Waals surface area contributed by atoms with Crippen LogP contribution in [0.15, 0.2) is 12.1 Å². The smallest absolute Gasteiger partial charge is 0.126 e. The van der Waals surface area contributed by atoms with Crippen LogP contribution in [-0.4, -0.2) is 0 Å². The molecule has 0 spiro atoms. The van der Waals surface area contributed by atoms with Gasteiger partial charge in [-0.25, -0.2) is 4.39 Å². The summed E-state index contributed by atoms with van der Waals surface area (Å²) in [6.07, 6.45) is 1.64. The molecule has 2 N–H and O–H groups in total. The van der Waals surface area contributed by atoms with Crippen LogP contribution in [0.25, 0.3) is 0 Å². The molecule has 1 aromatic carbocycles. The van der Waals surface area contributed by atoms with Crippen molar-refractivity contribution in [1.29, 1.82) is 0 Å². The SMILES string of the molecule is CCc1ccc(F)c2c1C(C)(N)C(C)(C)C2.Cl. The van der Waals surface area contributed by atoms with Crippen molar-refractivity contribution in [2.75, 3.05) is 0 Å². The standard InChI is InChI=1S/C14H20FN.ClH/c1-5-9-6-7-11(15)10-8-13(2,3)14(4,16)12(9)10;/h6-7H,5,8,16H2,1-4H3;1H. The average molecular weight is 258 g/mol. The first-order chi connectivity index (χ1) is 7.31. The molecular formula is C14H21ClFN. The number of aryl methyl sites for hydroxylation is 1. The van der Waals surface area contributed by atoms with E-state index < -0.39 is 5.54 Å². The Morgan fingerprint density at radius 1 is 1.29 bits per heavy atom. The van der Waals surface area contributed by atoms with Crippen molar-refractivity contribution in [3.8, 4) is 0 Å². The van der Waals surface area contributed by atoms with Crippen LogP contribution in [-0.2, 0) is 18.4 Å². The normalized spacial score (nSPS) is 25.3. The molecule has 17 heavy (non-hydrogen) atoms.